The molecule has 1 atom stereocenters. The van der Waals surface area contributed by atoms with Crippen LogP contribution in [0, 0.1) is 5.92 Å². The van der Waals surface area contributed by atoms with Crippen molar-refractivity contribution in [2.75, 3.05) is 6.54 Å². The minimum Gasteiger partial charge on any atom is -0.464 e. The fraction of sp³-hybridized carbons (Fsp3) is 0.464. The molecule has 11 heteroatoms. The number of aromatic nitrogens is 3. The van der Waals surface area contributed by atoms with E-state index in [2.05, 4.69) is 18.8 Å². The number of furan rings is 1. The molecule has 3 aromatic heterocycles. The van der Waals surface area contributed by atoms with Gasteiger partial charge in [-0.2, -0.15) is 4.31 Å². The molecule has 9 nitrogen and oxygen atoms in total. The van der Waals surface area contributed by atoms with Crippen LogP contribution in [0.15, 0.2) is 57.7 Å². The van der Waals surface area contributed by atoms with Crippen LogP contribution in [-0.4, -0.2) is 50.7 Å². The Morgan fingerprint density at radius 1 is 1.13 bits per heavy atom. The molecule has 0 saturated carbocycles. The Morgan fingerprint density at radius 3 is 2.56 bits per heavy atom. The summed E-state index contributed by atoms with van der Waals surface area (Å²) in [6, 6.07) is 5.52. The lowest BCUT2D eigenvalue weighted by atomic mass is 10.1. The van der Waals surface area contributed by atoms with E-state index in [-0.39, 0.29) is 23.3 Å². The summed E-state index contributed by atoms with van der Waals surface area (Å²) in [5.74, 6) is 0.228. The molecule has 0 N–H and O–H groups in total. The van der Waals surface area contributed by atoms with Crippen LogP contribution >= 0.6 is 11.3 Å². The summed E-state index contributed by atoms with van der Waals surface area (Å²) in [6.07, 6.45) is 4.85. The molecule has 0 unspecified atom stereocenters. The van der Waals surface area contributed by atoms with Crippen molar-refractivity contribution in [1.29, 1.82) is 0 Å². The van der Waals surface area contributed by atoms with E-state index in [1.54, 1.807) is 53.9 Å². The van der Waals surface area contributed by atoms with E-state index in [0.29, 0.717) is 42.2 Å². The molecule has 0 saturated heterocycles. The van der Waals surface area contributed by atoms with Gasteiger partial charge in [0.2, 0.25) is 15.9 Å². The SMILES string of the molecule is CCn1cncc1CN([C@@H](C)C(=O)N(Cc1csc(C(C)C)n1)CC(C)C)S(=O)(=O)c1ccc2occc2c1. The van der Waals surface area contributed by atoms with Crippen LogP contribution in [0.1, 0.15) is 63.9 Å². The first-order valence-corrected chi connectivity index (χ1v) is 15.5. The van der Waals surface area contributed by atoms with Gasteiger partial charge >= 0.3 is 0 Å². The number of hydrogen-bond donors (Lipinski definition) is 0. The minimum atomic E-state index is -4.07. The molecule has 1 aromatic carbocycles. The molecular formula is C28H37N5O4S2. The van der Waals surface area contributed by atoms with Gasteiger partial charge in [-0.15, -0.1) is 11.3 Å². The average Bonchev–Trinajstić information content (AvgIpc) is 3.65. The Kier molecular flexibility index (Phi) is 8.93. The summed E-state index contributed by atoms with van der Waals surface area (Å²) >= 11 is 1.58. The molecule has 3 heterocycles. The standard InChI is InChI=1S/C28H37N5O4S2/c1-7-31-18-29-13-24(31)16-33(39(35,36)25-8-9-26-22(12-25)10-11-37-26)21(6)28(34)32(14-19(2)3)15-23-17-38-27(30-23)20(4)5/h8-13,17-21H,7,14-16H2,1-6H3/t21-/m0/s1. The zero-order chi connectivity index (χ0) is 28.3. The van der Waals surface area contributed by atoms with Gasteiger partial charge in [-0.25, -0.2) is 18.4 Å². The van der Waals surface area contributed by atoms with Crippen LogP contribution in [0.2, 0.25) is 0 Å². The highest BCUT2D eigenvalue weighted by molar-refractivity contribution is 7.89. The van der Waals surface area contributed by atoms with Gasteiger partial charge in [-0.1, -0.05) is 27.7 Å². The number of imidazole rings is 1. The molecule has 4 aromatic rings. The van der Waals surface area contributed by atoms with Crippen molar-refractivity contribution < 1.29 is 17.6 Å². The zero-order valence-corrected chi connectivity index (χ0v) is 25.0. The average molecular weight is 572 g/mol. The predicted molar refractivity (Wildman–Crippen MR) is 153 cm³/mol. The van der Waals surface area contributed by atoms with Crippen molar-refractivity contribution in [2.24, 2.45) is 5.92 Å². The van der Waals surface area contributed by atoms with Crippen molar-refractivity contribution >= 4 is 38.2 Å². The lowest BCUT2D eigenvalue weighted by Gasteiger charge is -2.33. The fourth-order valence-corrected chi connectivity index (χ4v) is 6.93. The maximum atomic E-state index is 14.1. The van der Waals surface area contributed by atoms with E-state index in [4.69, 9.17) is 9.40 Å². The summed E-state index contributed by atoms with van der Waals surface area (Å²) in [7, 11) is -4.07. The summed E-state index contributed by atoms with van der Waals surface area (Å²) in [6.45, 7) is 13.3. The van der Waals surface area contributed by atoms with Gasteiger partial charge in [-0.05, 0) is 44.0 Å². The number of rotatable bonds is 12. The highest BCUT2D eigenvalue weighted by atomic mass is 32.2. The first kappa shape index (κ1) is 29.0. The van der Waals surface area contributed by atoms with Crippen molar-refractivity contribution in [3.8, 4) is 0 Å². The summed E-state index contributed by atoms with van der Waals surface area (Å²) in [5, 5.41) is 3.68. The smallest absolute Gasteiger partial charge is 0.244 e. The number of benzene rings is 1. The zero-order valence-electron chi connectivity index (χ0n) is 23.4. The molecule has 0 aliphatic heterocycles. The summed E-state index contributed by atoms with van der Waals surface area (Å²) in [5.41, 5.74) is 2.12. The van der Waals surface area contributed by atoms with Crippen LogP contribution in [0.5, 0.6) is 0 Å². The van der Waals surface area contributed by atoms with Gasteiger partial charge < -0.3 is 13.9 Å². The first-order valence-electron chi connectivity index (χ1n) is 13.2. The molecule has 0 bridgehead atoms. The Labute approximate surface area is 234 Å². The molecule has 1 amide bonds. The lowest BCUT2D eigenvalue weighted by molar-refractivity contribution is -0.136. The lowest BCUT2D eigenvalue weighted by Crippen LogP contribution is -2.49. The van der Waals surface area contributed by atoms with E-state index in [1.807, 2.05) is 30.7 Å². The second kappa shape index (κ2) is 12.0. The van der Waals surface area contributed by atoms with E-state index >= 15 is 0 Å². The van der Waals surface area contributed by atoms with Crippen LogP contribution in [-0.2, 0) is 34.5 Å². The number of aryl methyl sites for hydroxylation is 1. The molecule has 0 spiro atoms. The van der Waals surface area contributed by atoms with Crippen LogP contribution < -0.4 is 0 Å². The number of amides is 1. The molecular weight excluding hydrogens is 534 g/mol. The highest BCUT2D eigenvalue weighted by Crippen LogP contribution is 2.27. The Balaban J connectivity index is 1.71. The van der Waals surface area contributed by atoms with Crippen LogP contribution in [0.3, 0.4) is 0 Å². The summed E-state index contributed by atoms with van der Waals surface area (Å²) in [4.78, 5) is 24.8. The van der Waals surface area contributed by atoms with Gasteiger partial charge in [0, 0.05) is 36.0 Å². The Hall–Kier alpha value is -3.02. The maximum absolute atomic E-state index is 14.1. The molecule has 0 radical (unpaired) electrons. The molecule has 0 aliphatic rings. The second-order valence-corrected chi connectivity index (χ2v) is 13.2. The molecule has 0 fully saturated rings. The van der Waals surface area contributed by atoms with Crippen molar-refractivity contribution in [2.45, 2.75) is 78.0 Å². The predicted octanol–water partition coefficient (Wildman–Crippen LogP) is 5.49. The van der Waals surface area contributed by atoms with Crippen molar-refractivity contribution in [1.82, 2.24) is 23.7 Å². The number of fused-ring (bicyclic) bond motifs is 1. The molecule has 4 rings (SSSR count). The Morgan fingerprint density at radius 2 is 1.90 bits per heavy atom. The minimum absolute atomic E-state index is 0.0101. The van der Waals surface area contributed by atoms with Gasteiger partial charge in [0.15, 0.2) is 0 Å². The van der Waals surface area contributed by atoms with E-state index in [1.165, 1.54) is 16.6 Å². The normalized spacial score (nSPS) is 13.2. The van der Waals surface area contributed by atoms with Gasteiger partial charge in [0.05, 0.1) is 47.0 Å². The number of hydrogen-bond acceptors (Lipinski definition) is 7. The first-order chi connectivity index (χ1) is 18.5. The van der Waals surface area contributed by atoms with Crippen LogP contribution in [0.25, 0.3) is 11.0 Å². The number of nitrogens with zero attached hydrogens (tertiary/aromatic N) is 5. The third kappa shape index (κ3) is 6.42. The van der Waals surface area contributed by atoms with Gasteiger partial charge in [-0.3, -0.25) is 4.79 Å². The third-order valence-corrected chi connectivity index (χ3v) is 9.70. The topological polar surface area (TPSA) is 102 Å². The fourth-order valence-electron chi connectivity index (χ4n) is 4.51. The largest absolute Gasteiger partial charge is 0.464 e. The summed E-state index contributed by atoms with van der Waals surface area (Å²) < 4.78 is 36.8. The molecule has 39 heavy (non-hydrogen) atoms. The second-order valence-electron chi connectivity index (χ2n) is 10.5. The van der Waals surface area contributed by atoms with Gasteiger partial charge in [0.25, 0.3) is 0 Å². The molecule has 0 aliphatic carbocycles. The Bertz CT molecular complexity index is 1520. The number of sulfonamides is 1. The van der Waals surface area contributed by atoms with Crippen LogP contribution in [0.4, 0.5) is 0 Å². The van der Waals surface area contributed by atoms with Crippen molar-refractivity contribution in [3.63, 3.8) is 0 Å². The monoisotopic (exact) mass is 571 g/mol. The van der Waals surface area contributed by atoms with Crippen molar-refractivity contribution in [3.05, 3.63) is 64.8 Å². The third-order valence-electron chi connectivity index (χ3n) is 6.59. The maximum Gasteiger partial charge on any atom is 0.244 e. The van der Waals surface area contributed by atoms with Gasteiger partial charge in [0.1, 0.15) is 11.6 Å². The van der Waals surface area contributed by atoms with E-state index in [9.17, 15) is 13.2 Å². The van der Waals surface area contributed by atoms with E-state index in [0.717, 1.165) is 10.7 Å². The number of thiazole rings is 1. The van der Waals surface area contributed by atoms with E-state index < -0.39 is 16.1 Å². The quantitative estimate of drug-likeness (QED) is 0.223. The number of carbonyl (C=O) groups is 1. The highest BCUT2D eigenvalue weighted by Gasteiger charge is 2.36. The molecule has 210 valence electrons. The number of carbonyl (C=O) groups excluding carboxylic acids is 1.